The highest BCUT2D eigenvalue weighted by atomic mass is 16.8. The summed E-state index contributed by atoms with van der Waals surface area (Å²) in [6.45, 7) is 9.60. The number of carbonyl (C=O) groups excluding carboxylic acids is 4. The minimum Gasteiger partial charge on any atom is -0.460 e. The molecular weight excluding hydrogens is 903 g/mol. The molecule has 0 radical (unpaired) electrons. The van der Waals surface area contributed by atoms with Gasteiger partial charge in [0.15, 0.2) is 18.1 Å². The Kier molecular flexibility index (Phi) is 18.8. The van der Waals surface area contributed by atoms with Crippen molar-refractivity contribution in [2.24, 2.45) is 5.41 Å². The highest BCUT2D eigenvalue weighted by molar-refractivity contribution is 5.96. The summed E-state index contributed by atoms with van der Waals surface area (Å²) in [4.78, 5) is 62.7. The van der Waals surface area contributed by atoms with Crippen molar-refractivity contribution >= 4 is 29.8 Å². The maximum absolute atomic E-state index is 15.2. The van der Waals surface area contributed by atoms with Crippen molar-refractivity contribution in [2.75, 3.05) is 19.8 Å². The lowest BCUT2D eigenvalue weighted by Gasteiger charge is -2.49. The molecular formula is C49H75N3O17. The number of nitrogens with one attached hydrogen (secondary N) is 2. The smallest absolute Gasteiger partial charge is 0.327 e. The van der Waals surface area contributed by atoms with E-state index in [9.17, 15) is 45.0 Å². The first-order valence-corrected chi connectivity index (χ1v) is 24.6. The number of esters is 2. The third-order valence-corrected chi connectivity index (χ3v) is 13.6. The van der Waals surface area contributed by atoms with Gasteiger partial charge in [0, 0.05) is 25.7 Å². The first-order chi connectivity index (χ1) is 32.8. The van der Waals surface area contributed by atoms with E-state index in [1.807, 2.05) is 24.3 Å². The summed E-state index contributed by atoms with van der Waals surface area (Å²) in [6.07, 6.45) is -2.06. The SMILES string of the molecule is CCCCCC1(CCCCC)O[C@@H]2[C@H](O1)[C@H]1ON(Cc3ccc(C=CCO[C@H]4O[C@H](CO)[C@H](O)[C@H](O)[C@H]4O)cc3)[C@@H]3C(=O)O[C@@H]2C[C@]13C(=O)N[C@@H](C(=O)N[C@H](CO)CCC(=O)OC(C)(C)C)[C@H](C)O. The zero-order valence-electron chi connectivity index (χ0n) is 40.7. The molecule has 5 aliphatic rings. The van der Waals surface area contributed by atoms with Crippen molar-refractivity contribution < 1.29 is 83.1 Å². The van der Waals surface area contributed by atoms with Crippen LogP contribution in [-0.2, 0) is 59.0 Å². The fraction of sp³-hybridized carbons (Fsp3) is 0.755. The summed E-state index contributed by atoms with van der Waals surface area (Å²) in [5.41, 5.74) is -0.965. The minimum absolute atomic E-state index is 0.0205. The van der Waals surface area contributed by atoms with Gasteiger partial charge in [0.05, 0.1) is 38.5 Å². The lowest BCUT2D eigenvalue weighted by Crippen LogP contribution is -2.71. The van der Waals surface area contributed by atoms with Crippen LogP contribution in [-0.4, -0.2) is 170 Å². The van der Waals surface area contributed by atoms with Gasteiger partial charge in [0.2, 0.25) is 11.8 Å². The van der Waals surface area contributed by atoms with Crippen LogP contribution in [0.15, 0.2) is 30.3 Å². The highest BCUT2D eigenvalue weighted by Crippen LogP contribution is 2.58. The van der Waals surface area contributed by atoms with Crippen LogP contribution < -0.4 is 10.6 Å². The van der Waals surface area contributed by atoms with E-state index >= 15 is 4.79 Å². The second kappa shape index (κ2) is 23.7. The number of ether oxygens (including phenoxy) is 6. The van der Waals surface area contributed by atoms with Crippen LogP contribution in [0, 0.1) is 5.41 Å². The molecule has 4 saturated heterocycles. The van der Waals surface area contributed by atoms with Crippen molar-refractivity contribution in [2.45, 2.75) is 209 Å². The van der Waals surface area contributed by atoms with Crippen molar-refractivity contribution in [3.8, 4) is 0 Å². The lowest BCUT2D eigenvalue weighted by atomic mass is 9.62. The molecule has 20 heteroatoms. The number of hydroxylamine groups is 2. The van der Waals surface area contributed by atoms with Gasteiger partial charge >= 0.3 is 11.9 Å². The average Bonchev–Trinajstić information content (AvgIpc) is 3.86. The van der Waals surface area contributed by atoms with Crippen LogP contribution in [0.1, 0.15) is 123 Å². The quantitative estimate of drug-likeness (QED) is 0.0537. The van der Waals surface area contributed by atoms with E-state index in [0.717, 1.165) is 44.1 Å². The molecule has 2 bridgehead atoms. The Hall–Kier alpha value is -3.64. The molecule has 388 valence electrons. The molecule has 69 heavy (non-hydrogen) atoms. The van der Waals surface area contributed by atoms with Crippen LogP contribution in [0.2, 0.25) is 0 Å². The van der Waals surface area contributed by atoms with E-state index in [4.69, 9.17) is 33.3 Å². The van der Waals surface area contributed by atoms with E-state index in [1.165, 1.54) is 12.0 Å². The van der Waals surface area contributed by atoms with Crippen molar-refractivity contribution in [1.82, 2.24) is 15.7 Å². The van der Waals surface area contributed by atoms with Gasteiger partial charge in [-0.2, -0.15) is 5.06 Å². The van der Waals surface area contributed by atoms with Gasteiger partial charge in [-0.25, -0.2) is 0 Å². The number of benzene rings is 1. The maximum Gasteiger partial charge on any atom is 0.327 e. The molecule has 6 rings (SSSR count). The largest absolute Gasteiger partial charge is 0.460 e. The molecule has 0 aromatic heterocycles. The van der Waals surface area contributed by atoms with Crippen LogP contribution in [0.3, 0.4) is 0 Å². The first-order valence-electron chi connectivity index (χ1n) is 24.6. The van der Waals surface area contributed by atoms with E-state index in [-0.39, 0.29) is 32.4 Å². The van der Waals surface area contributed by atoms with Gasteiger partial charge in [0.1, 0.15) is 65.9 Å². The molecule has 1 aromatic carbocycles. The number of amides is 2. The second-order valence-corrected chi connectivity index (χ2v) is 20.1. The van der Waals surface area contributed by atoms with E-state index in [0.29, 0.717) is 18.4 Å². The Balaban J connectivity index is 1.23. The predicted molar refractivity (Wildman–Crippen MR) is 245 cm³/mol. The standard InChI is InChI=1S/C49H75N3O17/c1-7-9-11-21-48(22-12-10-8-2)67-39-32-24-49(46(62)51-35(28(3)55)43(60)50-31(26-53)19-20-34(56)66-47(4,5)6)41(44(61)64-32)52(69-42(49)40(39)68-48)25-30-17-15-29(16-18-30)14-13-23-63-45-38(59)37(58)36(57)33(27-54)65-45/h13-18,28,31-33,35-42,45,53-55,57-59H,7-12,19-27H2,1-6H3,(H,50,60)(H,51,62)/t28-,31-,32+,33+,35+,36-,37-,38+,39-,40-,41+,42+,45-,49+/m0/s1. The zero-order chi connectivity index (χ0) is 50.3. The summed E-state index contributed by atoms with van der Waals surface area (Å²) in [7, 11) is 0. The minimum atomic E-state index is -1.68. The van der Waals surface area contributed by atoms with Gasteiger partial charge in [-0.05, 0) is 58.1 Å². The average molecular weight is 978 g/mol. The fourth-order valence-corrected chi connectivity index (χ4v) is 10.0. The third kappa shape index (κ3) is 12.7. The lowest BCUT2D eigenvalue weighted by molar-refractivity contribution is -0.298. The summed E-state index contributed by atoms with van der Waals surface area (Å²) >= 11 is 0. The van der Waals surface area contributed by atoms with Crippen molar-refractivity contribution in [3.63, 3.8) is 0 Å². The fourth-order valence-electron chi connectivity index (χ4n) is 10.0. The molecule has 2 amide bonds. The highest BCUT2D eigenvalue weighted by Gasteiger charge is 2.76. The number of hydrogen-bond donors (Lipinski definition) is 8. The number of unbranched alkanes of at least 4 members (excludes halogenated alkanes) is 4. The Labute approximate surface area is 403 Å². The summed E-state index contributed by atoms with van der Waals surface area (Å²) in [6, 6.07) is 3.47. The Morgan fingerprint density at radius 2 is 1.61 bits per heavy atom. The number of hydrogen-bond acceptors (Lipinski definition) is 18. The van der Waals surface area contributed by atoms with Crippen LogP contribution >= 0.6 is 0 Å². The van der Waals surface area contributed by atoms with Gasteiger partial charge in [-0.15, -0.1) is 0 Å². The van der Waals surface area contributed by atoms with Crippen LogP contribution in [0.4, 0.5) is 0 Å². The summed E-state index contributed by atoms with van der Waals surface area (Å²) in [5, 5.41) is 67.9. The number of rotatable bonds is 24. The summed E-state index contributed by atoms with van der Waals surface area (Å²) in [5.74, 6) is -3.81. The molecule has 1 saturated carbocycles. The molecule has 20 nitrogen and oxygen atoms in total. The first kappa shape index (κ1) is 54.7. The Bertz CT molecular complexity index is 1900. The number of aliphatic hydroxyl groups excluding tert-OH is 6. The normalized spacial score (nSPS) is 32.0. The van der Waals surface area contributed by atoms with Crippen LogP contribution in [0.25, 0.3) is 6.08 Å². The summed E-state index contributed by atoms with van der Waals surface area (Å²) < 4.78 is 36.3. The van der Waals surface area contributed by atoms with Crippen molar-refractivity contribution in [1.29, 1.82) is 0 Å². The van der Waals surface area contributed by atoms with Gasteiger partial charge < -0.3 is 69.7 Å². The van der Waals surface area contributed by atoms with Crippen LogP contribution in [0.5, 0.6) is 0 Å². The van der Waals surface area contributed by atoms with Gasteiger partial charge in [-0.1, -0.05) is 75.9 Å². The molecule has 0 unspecified atom stereocenters. The zero-order valence-corrected chi connectivity index (χ0v) is 40.7. The van der Waals surface area contributed by atoms with E-state index in [1.54, 1.807) is 32.9 Å². The van der Waals surface area contributed by atoms with E-state index in [2.05, 4.69) is 24.5 Å². The number of aliphatic hydroxyl groups is 6. The molecule has 14 atom stereocenters. The number of nitrogens with zero attached hydrogens (tertiary/aromatic N) is 1. The second-order valence-electron chi connectivity index (χ2n) is 20.1. The Morgan fingerprint density at radius 1 is 0.942 bits per heavy atom. The molecule has 0 spiro atoms. The van der Waals surface area contributed by atoms with Gasteiger partial charge in [-0.3, -0.25) is 24.0 Å². The monoisotopic (exact) mass is 978 g/mol. The number of carbonyl (C=O) groups is 4. The Morgan fingerprint density at radius 3 is 2.22 bits per heavy atom. The van der Waals surface area contributed by atoms with Crippen molar-refractivity contribution in [3.05, 3.63) is 41.5 Å². The maximum atomic E-state index is 15.2. The number of fused-ring (bicyclic) bond motifs is 4. The predicted octanol–water partition coefficient (Wildman–Crippen LogP) is 1.42. The molecule has 4 heterocycles. The third-order valence-electron chi connectivity index (χ3n) is 13.6. The topological polar surface area (TPSA) is 282 Å². The van der Waals surface area contributed by atoms with E-state index < -0.39 is 133 Å². The molecule has 4 aliphatic heterocycles. The molecule has 8 N–H and O–H groups in total. The molecule has 5 fully saturated rings. The molecule has 1 aliphatic carbocycles. The van der Waals surface area contributed by atoms with Gasteiger partial charge in [0.25, 0.3) is 0 Å². The molecule has 1 aromatic rings.